The number of likely N-dealkylation sites (tertiary alicyclic amines) is 1. The number of methoxy groups -OCH3 is 2. The molecule has 1 aromatic rings. The van der Waals surface area contributed by atoms with Crippen molar-refractivity contribution < 1.29 is 43.3 Å². The van der Waals surface area contributed by atoms with Crippen LogP contribution in [0.15, 0.2) is 30.3 Å². The summed E-state index contributed by atoms with van der Waals surface area (Å²) in [6, 6.07) is 7.76. The van der Waals surface area contributed by atoms with Gasteiger partial charge in [-0.2, -0.15) is 0 Å². The number of ketones is 2. The smallest absolute Gasteiger partial charge is 0.410 e. The van der Waals surface area contributed by atoms with Crippen molar-refractivity contribution in [3.8, 4) is 0 Å². The van der Waals surface area contributed by atoms with E-state index < -0.39 is 48.3 Å². The van der Waals surface area contributed by atoms with Crippen LogP contribution in [0.3, 0.4) is 0 Å². The van der Waals surface area contributed by atoms with Crippen molar-refractivity contribution in [3.05, 3.63) is 35.9 Å². The van der Waals surface area contributed by atoms with Crippen LogP contribution in [0, 0.1) is 35.5 Å². The molecule has 12 nitrogen and oxygen atoms in total. The van der Waals surface area contributed by atoms with Crippen molar-refractivity contribution in [1.82, 2.24) is 14.7 Å². The first-order chi connectivity index (χ1) is 26.4. The van der Waals surface area contributed by atoms with Gasteiger partial charge in [0.2, 0.25) is 11.8 Å². The molecule has 56 heavy (non-hydrogen) atoms. The summed E-state index contributed by atoms with van der Waals surface area (Å²) >= 11 is 0. The van der Waals surface area contributed by atoms with Crippen molar-refractivity contribution >= 4 is 29.5 Å². The standard InChI is InChI=1S/C44H73N3O9/c1-14-29(7)40(45(10)43(52)33(27(3)4)25-36(49)39(28(5)6)46(11)44(53)56-15-2)37(54-12)26-38(50)47-23-19-22-34(47)42(55-13)31(9)35(48)24-30(8)41(51)32-20-17-16-18-21-32/h16-18,20-21,27-31,33-34,37,39-42,51H,14-15,19,22-26H2,1-13H3/t29-,30-,31-,33-,34-,37?,39-,40-,41+,42+/m0/s1. The minimum absolute atomic E-state index is 0.0176. The van der Waals surface area contributed by atoms with Gasteiger partial charge in [-0.15, -0.1) is 0 Å². The first kappa shape index (κ1) is 48.8. The third kappa shape index (κ3) is 12.6. The fourth-order valence-corrected chi connectivity index (χ4v) is 8.51. The van der Waals surface area contributed by atoms with Gasteiger partial charge in [0, 0.05) is 59.5 Å². The van der Waals surface area contributed by atoms with E-state index in [-0.39, 0.29) is 79.0 Å². The Morgan fingerprint density at radius 2 is 1.45 bits per heavy atom. The Balaban J connectivity index is 2.28. The molecule has 1 heterocycles. The number of aliphatic hydroxyl groups excluding tert-OH is 1. The maximum absolute atomic E-state index is 14.4. The number of nitrogens with zero attached hydrogens (tertiary/aromatic N) is 3. The molecule has 1 fully saturated rings. The topological polar surface area (TPSA) is 143 Å². The second kappa shape index (κ2) is 23.2. The van der Waals surface area contributed by atoms with Crippen molar-refractivity contribution in [1.29, 1.82) is 0 Å². The summed E-state index contributed by atoms with van der Waals surface area (Å²) in [7, 11) is 6.40. The fraction of sp³-hybridized carbons (Fsp3) is 0.750. The van der Waals surface area contributed by atoms with Crippen molar-refractivity contribution in [2.45, 2.75) is 137 Å². The highest BCUT2D eigenvalue weighted by atomic mass is 16.6. The average molecular weight is 788 g/mol. The molecule has 0 aromatic heterocycles. The molecule has 1 aliphatic rings. The first-order valence-electron chi connectivity index (χ1n) is 20.7. The summed E-state index contributed by atoms with van der Waals surface area (Å²) in [5.74, 6) is -2.50. The SMILES string of the molecule is CCOC(=O)N(C)[C@H](C(=O)C[C@H](C(=O)N(C)[C@H](C(CC(=O)N1CCC[C@H]1[C@H](OC)[C@@H](C)C(=O)C[C@H](C)[C@@H](O)c1ccccc1)OC)[C@@H](C)CC)C(C)C)C(C)C. The van der Waals surface area contributed by atoms with Gasteiger partial charge in [0.05, 0.1) is 49.5 Å². The average Bonchev–Trinajstić information content (AvgIpc) is 3.65. The molecule has 318 valence electrons. The Morgan fingerprint density at radius 1 is 0.821 bits per heavy atom. The van der Waals surface area contributed by atoms with E-state index in [1.165, 1.54) is 4.90 Å². The zero-order chi connectivity index (χ0) is 42.4. The van der Waals surface area contributed by atoms with Crippen LogP contribution < -0.4 is 0 Å². The Hall–Kier alpha value is -3.35. The second-order valence-corrected chi connectivity index (χ2v) is 16.6. The molecule has 0 saturated carbocycles. The summed E-state index contributed by atoms with van der Waals surface area (Å²) in [5, 5.41) is 10.9. The molecule has 1 aromatic carbocycles. The number of likely N-dealkylation sites (N-methyl/N-ethyl adjacent to an activating group) is 2. The minimum atomic E-state index is -0.779. The number of ether oxygens (including phenoxy) is 3. The number of carbonyl (C=O) groups excluding carboxylic acids is 5. The molecule has 0 aliphatic carbocycles. The first-order valence-corrected chi connectivity index (χ1v) is 20.7. The van der Waals surface area contributed by atoms with Crippen LogP contribution in [0.25, 0.3) is 0 Å². The van der Waals surface area contributed by atoms with E-state index in [4.69, 9.17) is 14.2 Å². The zero-order valence-electron chi connectivity index (χ0n) is 36.5. The largest absolute Gasteiger partial charge is 0.450 e. The number of benzene rings is 1. The van der Waals surface area contributed by atoms with Crippen LogP contribution in [0.4, 0.5) is 4.79 Å². The quantitative estimate of drug-likeness (QED) is 0.130. The molecule has 3 amide bonds. The lowest BCUT2D eigenvalue weighted by Crippen LogP contribution is -2.54. The predicted molar refractivity (Wildman–Crippen MR) is 218 cm³/mol. The third-order valence-corrected chi connectivity index (χ3v) is 12.0. The van der Waals surface area contributed by atoms with Crippen LogP contribution in [-0.2, 0) is 33.4 Å². The van der Waals surface area contributed by atoms with E-state index in [9.17, 15) is 29.1 Å². The third-order valence-electron chi connectivity index (χ3n) is 12.0. The molecule has 0 bridgehead atoms. The molecular formula is C44H73N3O9. The van der Waals surface area contributed by atoms with E-state index in [2.05, 4.69) is 0 Å². The van der Waals surface area contributed by atoms with E-state index in [1.54, 1.807) is 40.1 Å². The van der Waals surface area contributed by atoms with Crippen LogP contribution >= 0.6 is 0 Å². The zero-order valence-corrected chi connectivity index (χ0v) is 36.5. The molecule has 0 radical (unpaired) electrons. The lowest BCUT2D eigenvalue weighted by atomic mass is 9.83. The molecule has 1 unspecified atom stereocenters. The van der Waals surface area contributed by atoms with Gasteiger partial charge in [-0.3, -0.25) is 19.2 Å². The van der Waals surface area contributed by atoms with Gasteiger partial charge in [0.15, 0.2) is 5.78 Å². The van der Waals surface area contributed by atoms with Crippen LogP contribution in [0.2, 0.25) is 0 Å². The number of hydrogen-bond acceptors (Lipinski definition) is 9. The van der Waals surface area contributed by atoms with Gasteiger partial charge in [0.1, 0.15) is 5.78 Å². The van der Waals surface area contributed by atoms with Gasteiger partial charge in [0.25, 0.3) is 0 Å². The number of rotatable bonds is 23. The summed E-state index contributed by atoms with van der Waals surface area (Å²) in [6.45, 7) is 17.7. The Bertz CT molecular complexity index is 1410. The van der Waals surface area contributed by atoms with E-state index >= 15 is 0 Å². The van der Waals surface area contributed by atoms with Gasteiger partial charge in [-0.25, -0.2) is 4.79 Å². The molecule has 10 atom stereocenters. The Kier molecular flexibility index (Phi) is 20.2. The Morgan fingerprint density at radius 3 is 1.96 bits per heavy atom. The lowest BCUT2D eigenvalue weighted by molar-refractivity contribution is -0.149. The number of carbonyl (C=O) groups is 5. The number of aliphatic hydroxyl groups is 1. The molecule has 1 N–H and O–H groups in total. The summed E-state index contributed by atoms with van der Waals surface area (Å²) in [4.78, 5) is 73.5. The van der Waals surface area contributed by atoms with Gasteiger partial charge < -0.3 is 34.0 Å². The molecule has 1 aliphatic heterocycles. The van der Waals surface area contributed by atoms with Crippen molar-refractivity contribution in [2.75, 3.05) is 41.5 Å². The van der Waals surface area contributed by atoms with Crippen molar-refractivity contribution in [2.24, 2.45) is 35.5 Å². The highest BCUT2D eigenvalue weighted by molar-refractivity contribution is 5.92. The van der Waals surface area contributed by atoms with Gasteiger partial charge >= 0.3 is 6.09 Å². The Labute approximate surface area is 337 Å². The maximum atomic E-state index is 14.4. The number of Topliss-reactive ketones (excluding diaryl/α,β-unsaturated/α-hetero) is 2. The highest BCUT2D eigenvalue weighted by Gasteiger charge is 2.43. The molecule has 0 spiro atoms. The van der Waals surface area contributed by atoms with Crippen LogP contribution in [0.1, 0.15) is 113 Å². The number of hydrogen-bond donors (Lipinski definition) is 1. The lowest BCUT2D eigenvalue weighted by Gasteiger charge is -2.41. The molecule has 1 saturated heterocycles. The molecule has 12 heteroatoms. The maximum Gasteiger partial charge on any atom is 0.410 e. The highest BCUT2D eigenvalue weighted by Crippen LogP contribution is 2.33. The second-order valence-electron chi connectivity index (χ2n) is 16.6. The number of amides is 3. The predicted octanol–water partition coefficient (Wildman–Crippen LogP) is 6.58. The summed E-state index contributed by atoms with van der Waals surface area (Å²) < 4.78 is 17.2. The van der Waals surface area contributed by atoms with Crippen LogP contribution in [-0.4, -0.2) is 121 Å². The summed E-state index contributed by atoms with van der Waals surface area (Å²) in [6.07, 6.45) is -0.240. The molecular weight excluding hydrogens is 714 g/mol. The van der Waals surface area contributed by atoms with E-state index in [0.29, 0.717) is 13.0 Å². The summed E-state index contributed by atoms with van der Waals surface area (Å²) in [5.41, 5.74) is 0.763. The van der Waals surface area contributed by atoms with Gasteiger partial charge in [-0.1, -0.05) is 92.1 Å². The van der Waals surface area contributed by atoms with E-state index in [0.717, 1.165) is 18.4 Å². The van der Waals surface area contributed by atoms with Gasteiger partial charge in [-0.05, 0) is 49.0 Å². The van der Waals surface area contributed by atoms with Crippen molar-refractivity contribution in [3.63, 3.8) is 0 Å². The molecule has 2 rings (SSSR count). The normalized spacial score (nSPS) is 19.4. The monoisotopic (exact) mass is 788 g/mol. The van der Waals surface area contributed by atoms with E-state index in [1.807, 2.05) is 90.6 Å². The minimum Gasteiger partial charge on any atom is -0.450 e. The fourth-order valence-electron chi connectivity index (χ4n) is 8.51. The van der Waals surface area contributed by atoms with Crippen LogP contribution in [0.5, 0.6) is 0 Å².